The molecule has 0 aliphatic carbocycles. The summed E-state index contributed by atoms with van der Waals surface area (Å²) in [7, 11) is 1.81. The van der Waals surface area contributed by atoms with Crippen LogP contribution in [0.15, 0.2) is 60.7 Å². The van der Waals surface area contributed by atoms with Crippen molar-refractivity contribution in [1.29, 1.82) is 0 Å². The molecule has 0 saturated heterocycles. The molecular formula is C20H25N3O2. The number of Topliss-reactive ketones (excluding diaryl/α,β-unsaturated/α-hetero) is 1. The number of ketones is 1. The summed E-state index contributed by atoms with van der Waals surface area (Å²) in [4.78, 5) is 25.4. The van der Waals surface area contributed by atoms with Crippen molar-refractivity contribution in [3.8, 4) is 0 Å². The second kappa shape index (κ2) is 8.55. The minimum absolute atomic E-state index is 0.207. The summed E-state index contributed by atoms with van der Waals surface area (Å²) in [6.07, 6.45) is 0.788. The molecule has 1 atom stereocenters. The maximum atomic E-state index is 13.4. The summed E-state index contributed by atoms with van der Waals surface area (Å²) >= 11 is 0. The molecule has 0 aliphatic rings. The molecule has 0 bridgehead atoms. The van der Waals surface area contributed by atoms with Crippen LogP contribution in [0, 0.1) is 0 Å². The van der Waals surface area contributed by atoms with Gasteiger partial charge < -0.3 is 16.8 Å². The van der Waals surface area contributed by atoms with Crippen LogP contribution in [0.4, 0.5) is 0 Å². The van der Waals surface area contributed by atoms with E-state index in [4.69, 9.17) is 11.5 Å². The Morgan fingerprint density at radius 2 is 1.48 bits per heavy atom. The predicted octanol–water partition coefficient (Wildman–Crippen LogP) is 1.57. The molecule has 0 saturated carbocycles. The average molecular weight is 339 g/mol. The lowest BCUT2D eigenvalue weighted by Crippen LogP contribution is -2.59. The monoisotopic (exact) mass is 339 g/mol. The summed E-state index contributed by atoms with van der Waals surface area (Å²) in [5.41, 5.74) is 11.7. The maximum Gasteiger partial charge on any atom is 0.245 e. The molecule has 0 heterocycles. The lowest BCUT2D eigenvalue weighted by atomic mass is 9.76. The maximum absolute atomic E-state index is 13.4. The number of amides is 1. The van der Waals surface area contributed by atoms with Gasteiger partial charge in [0.25, 0.3) is 0 Å². The summed E-state index contributed by atoms with van der Waals surface area (Å²) in [6.45, 7) is 0.654. The standard InChI is InChI=1S/C20H25N3O2/c1-23-14-8-13-20(22,19(21)25)18(24)17(15-9-4-2-5-10-15)16-11-6-3-7-12-16/h2-7,9-12,17,23H,8,13-14,22H2,1H3,(H2,21,25)/t20-/m1/s1. The molecule has 2 aromatic rings. The van der Waals surface area contributed by atoms with Crippen LogP contribution in [0.25, 0.3) is 0 Å². The Hall–Kier alpha value is -2.50. The van der Waals surface area contributed by atoms with E-state index in [9.17, 15) is 9.59 Å². The van der Waals surface area contributed by atoms with E-state index >= 15 is 0 Å². The van der Waals surface area contributed by atoms with Crippen LogP contribution in [0.3, 0.4) is 0 Å². The van der Waals surface area contributed by atoms with Crippen LogP contribution in [-0.4, -0.2) is 30.8 Å². The fourth-order valence-corrected chi connectivity index (χ4v) is 2.96. The highest BCUT2D eigenvalue weighted by Gasteiger charge is 2.44. The highest BCUT2D eigenvalue weighted by Crippen LogP contribution is 2.30. The first kappa shape index (κ1) is 18.8. The molecule has 0 aliphatic heterocycles. The van der Waals surface area contributed by atoms with Gasteiger partial charge in [-0.1, -0.05) is 60.7 Å². The number of benzene rings is 2. The normalized spacial score (nSPS) is 13.4. The summed E-state index contributed by atoms with van der Waals surface area (Å²) < 4.78 is 0. The van der Waals surface area contributed by atoms with Crippen LogP contribution in [0.5, 0.6) is 0 Å². The third kappa shape index (κ3) is 4.32. The highest BCUT2D eigenvalue weighted by molar-refractivity contribution is 6.13. The van der Waals surface area contributed by atoms with Gasteiger partial charge in [0.2, 0.25) is 5.91 Å². The Labute approximate surface area is 148 Å². The lowest BCUT2D eigenvalue weighted by Gasteiger charge is -2.29. The molecule has 2 rings (SSSR count). The van der Waals surface area contributed by atoms with Gasteiger partial charge in [-0.2, -0.15) is 0 Å². The van der Waals surface area contributed by atoms with Crippen LogP contribution in [-0.2, 0) is 9.59 Å². The van der Waals surface area contributed by atoms with Crippen LogP contribution < -0.4 is 16.8 Å². The number of nitrogens with one attached hydrogen (secondary N) is 1. The third-order valence-corrected chi connectivity index (χ3v) is 4.41. The van der Waals surface area contributed by atoms with E-state index in [1.54, 1.807) is 7.05 Å². The molecule has 5 nitrogen and oxygen atoms in total. The van der Waals surface area contributed by atoms with Crippen molar-refractivity contribution in [2.24, 2.45) is 11.5 Å². The highest BCUT2D eigenvalue weighted by atomic mass is 16.2. The van der Waals surface area contributed by atoms with Gasteiger partial charge in [0.15, 0.2) is 11.3 Å². The molecule has 5 N–H and O–H groups in total. The summed E-state index contributed by atoms with van der Waals surface area (Å²) in [5, 5.41) is 2.99. The SMILES string of the molecule is CNCCC[C@](N)(C(N)=O)C(=O)C(c1ccccc1)c1ccccc1. The zero-order valence-corrected chi connectivity index (χ0v) is 14.4. The summed E-state index contributed by atoms with van der Waals surface area (Å²) in [6, 6.07) is 18.7. The van der Waals surface area contributed by atoms with E-state index in [2.05, 4.69) is 5.32 Å². The molecule has 0 radical (unpaired) electrons. The first-order chi connectivity index (χ1) is 12.0. The van der Waals surface area contributed by atoms with E-state index < -0.39 is 17.4 Å². The van der Waals surface area contributed by atoms with Crippen molar-refractivity contribution in [2.45, 2.75) is 24.3 Å². The van der Waals surface area contributed by atoms with E-state index in [-0.39, 0.29) is 12.2 Å². The van der Waals surface area contributed by atoms with E-state index in [1.165, 1.54) is 0 Å². The third-order valence-electron chi connectivity index (χ3n) is 4.41. The lowest BCUT2D eigenvalue weighted by molar-refractivity contribution is -0.134. The first-order valence-electron chi connectivity index (χ1n) is 8.38. The smallest absolute Gasteiger partial charge is 0.245 e. The number of primary amides is 1. The van der Waals surface area contributed by atoms with Gasteiger partial charge in [0, 0.05) is 0 Å². The number of rotatable bonds is 9. The predicted molar refractivity (Wildman–Crippen MR) is 99.0 cm³/mol. The Kier molecular flexibility index (Phi) is 6.44. The number of carbonyl (C=O) groups excluding carboxylic acids is 2. The minimum atomic E-state index is -1.70. The zero-order chi connectivity index (χ0) is 18.3. The Morgan fingerprint density at radius 3 is 1.88 bits per heavy atom. The first-order valence-corrected chi connectivity index (χ1v) is 8.38. The van der Waals surface area contributed by atoms with Gasteiger partial charge in [-0.25, -0.2) is 0 Å². The number of carbonyl (C=O) groups is 2. The van der Waals surface area contributed by atoms with Gasteiger partial charge >= 0.3 is 0 Å². The molecule has 0 aromatic heterocycles. The summed E-state index contributed by atoms with van der Waals surface area (Å²) in [5.74, 6) is -1.78. The average Bonchev–Trinajstić information content (AvgIpc) is 2.63. The fraction of sp³-hybridized carbons (Fsp3) is 0.300. The minimum Gasteiger partial charge on any atom is -0.368 e. The van der Waals surface area contributed by atoms with Crippen LogP contribution >= 0.6 is 0 Å². The van der Waals surface area contributed by atoms with Crippen molar-refractivity contribution in [2.75, 3.05) is 13.6 Å². The molecule has 25 heavy (non-hydrogen) atoms. The van der Waals surface area contributed by atoms with Gasteiger partial charge in [-0.15, -0.1) is 0 Å². The van der Waals surface area contributed by atoms with Gasteiger partial charge in [-0.3, -0.25) is 9.59 Å². The van der Waals surface area contributed by atoms with Crippen molar-refractivity contribution in [3.05, 3.63) is 71.8 Å². The molecule has 0 spiro atoms. The molecule has 132 valence electrons. The molecule has 0 fully saturated rings. The van der Waals surface area contributed by atoms with E-state index in [0.29, 0.717) is 13.0 Å². The topological polar surface area (TPSA) is 98.2 Å². The largest absolute Gasteiger partial charge is 0.368 e. The Bertz CT molecular complexity index is 664. The van der Waals surface area contributed by atoms with Crippen LogP contribution in [0.1, 0.15) is 29.9 Å². The van der Waals surface area contributed by atoms with Crippen molar-refractivity contribution < 1.29 is 9.59 Å². The number of nitrogens with two attached hydrogens (primary N) is 2. The molecule has 5 heteroatoms. The van der Waals surface area contributed by atoms with Crippen molar-refractivity contribution >= 4 is 11.7 Å². The Balaban J connectivity index is 2.45. The molecule has 1 amide bonds. The van der Waals surface area contributed by atoms with Gasteiger partial charge in [0.1, 0.15) is 0 Å². The number of hydrogen-bond acceptors (Lipinski definition) is 4. The van der Waals surface area contributed by atoms with Crippen LogP contribution in [0.2, 0.25) is 0 Å². The van der Waals surface area contributed by atoms with Gasteiger partial charge in [-0.05, 0) is 37.6 Å². The van der Waals surface area contributed by atoms with Crippen molar-refractivity contribution in [1.82, 2.24) is 5.32 Å². The van der Waals surface area contributed by atoms with Gasteiger partial charge in [0.05, 0.1) is 5.92 Å². The number of hydrogen-bond donors (Lipinski definition) is 3. The second-order valence-electron chi connectivity index (χ2n) is 6.16. The molecule has 0 unspecified atom stereocenters. The fourth-order valence-electron chi connectivity index (χ4n) is 2.96. The molecule has 2 aromatic carbocycles. The second-order valence-corrected chi connectivity index (χ2v) is 6.16. The Morgan fingerprint density at radius 1 is 1.00 bits per heavy atom. The van der Waals surface area contributed by atoms with Crippen molar-refractivity contribution in [3.63, 3.8) is 0 Å². The molecular weight excluding hydrogens is 314 g/mol. The zero-order valence-electron chi connectivity index (χ0n) is 14.4. The van der Waals surface area contributed by atoms with E-state index in [1.807, 2.05) is 60.7 Å². The quantitative estimate of drug-likeness (QED) is 0.477. The van der Waals surface area contributed by atoms with E-state index in [0.717, 1.165) is 11.1 Å².